The van der Waals surface area contributed by atoms with Crippen molar-refractivity contribution >= 4 is 27.5 Å². The molecule has 1 heterocycles. The Bertz CT molecular complexity index is 755. The maximum absolute atomic E-state index is 6.11. The van der Waals surface area contributed by atoms with E-state index in [0.29, 0.717) is 6.04 Å². The predicted molar refractivity (Wildman–Crippen MR) is 102 cm³/mol. The van der Waals surface area contributed by atoms with Crippen LogP contribution in [0.1, 0.15) is 42.0 Å². The van der Waals surface area contributed by atoms with E-state index >= 15 is 0 Å². The van der Waals surface area contributed by atoms with Crippen molar-refractivity contribution in [3.63, 3.8) is 0 Å². The van der Waals surface area contributed by atoms with E-state index in [0.717, 1.165) is 28.2 Å². The second-order valence-electron chi connectivity index (χ2n) is 6.84. The van der Waals surface area contributed by atoms with E-state index in [1.54, 1.807) is 7.11 Å². The van der Waals surface area contributed by atoms with Crippen LogP contribution in [0.5, 0.6) is 5.75 Å². The fraction of sp³-hybridized carbons (Fsp3) is 0.400. The highest BCUT2D eigenvalue weighted by atomic mass is 79.9. The van der Waals surface area contributed by atoms with Gasteiger partial charge in [0.2, 0.25) is 0 Å². The summed E-state index contributed by atoms with van der Waals surface area (Å²) in [5, 5.41) is 4.60. The maximum atomic E-state index is 6.11. The fourth-order valence-corrected chi connectivity index (χ4v) is 4.97. The van der Waals surface area contributed by atoms with Crippen LogP contribution in [0.25, 0.3) is 0 Å². The van der Waals surface area contributed by atoms with Crippen molar-refractivity contribution in [1.29, 1.82) is 0 Å². The van der Waals surface area contributed by atoms with Crippen LogP contribution in [-0.2, 0) is 11.8 Å². The van der Waals surface area contributed by atoms with Gasteiger partial charge in [0.05, 0.1) is 11.6 Å². The summed E-state index contributed by atoms with van der Waals surface area (Å²) in [7, 11) is 1.73. The monoisotopic (exact) mass is 405 g/mol. The lowest BCUT2D eigenvalue weighted by atomic mass is 9.58. The zero-order chi connectivity index (χ0) is 16.7. The summed E-state index contributed by atoms with van der Waals surface area (Å²) in [4.78, 5) is 0. The Morgan fingerprint density at radius 3 is 2.58 bits per heavy atom. The molecule has 1 fully saturated rings. The molecule has 2 nitrogen and oxygen atoms in total. The van der Waals surface area contributed by atoms with Crippen molar-refractivity contribution in [3.05, 3.63) is 62.6 Å². The summed E-state index contributed by atoms with van der Waals surface area (Å²) >= 11 is 9.74. The van der Waals surface area contributed by atoms with E-state index in [1.165, 1.54) is 36.0 Å². The average Bonchev–Trinajstić information content (AvgIpc) is 2.55. The molecule has 1 unspecified atom stereocenters. The van der Waals surface area contributed by atoms with E-state index < -0.39 is 0 Å². The zero-order valence-corrected chi connectivity index (χ0v) is 16.1. The van der Waals surface area contributed by atoms with Gasteiger partial charge in [0.15, 0.2) is 0 Å². The molecule has 0 radical (unpaired) electrons. The predicted octanol–water partition coefficient (Wildman–Crippen LogP) is 5.42. The molecular formula is C20H21BrClNO. The number of benzene rings is 2. The average molecular weight is 407 g/mol. The first kappa shape index (κ1) is 16.4. The number of halogens is 2. The highest BCUT2D eigenvalue weighted by Crippen LogP contribution is 2.54. The van der Waals surface area contributed by atoms with Crippen LogP contribution < -0.4 is 10.1 Å². The quantitative estimate of drug-likeness (QED) is 0.735. The Morgan fingerprint density at radius 1 is 1.21 bits per heavy atom. The molecule has 1 aliphatic carbocycles. The third-order valence-corrected chi connectivity index (χ3v) is 6.56. The van der Waals surface area contributed by atoms with Gasteiger partial charge in [-0.05, 0) is 82.7 Å². The second kappa shape index (κ2) is 6.36. The number of ether oxygens (including phenoxy) is 1. The van der Waals surface area contributed by atoms with Crippen LogP contribution in [-0.4, -0.2) is 13.7 Å². The lowest BCUT2D eigenvalue weighted by Crippen LogP contribution is -2.49. The van der Waals surface area contributed by atoms with Crippen LogP contribution in [0, 0.1) is 0 Å². The van der Waals surface area contributed by atoms with Gasteiger partial charge in [-0.1, -0.05) is 30.2 Å². The van der Waals surface area contributed by atoms with Crippen LogP contribution in [0.3, 0.4) is 0 Å². The highest BCUT2D eigenvalue weighted by molar-refractivity contribution is 9.10. The van der Waals surface area contributed by atoms with E-state index in [9.17, 15) is 0 Å². The molecule has 1 aliphatic heterocycles. The summed E-state index contributed by atoms with van der Waals surface area (Å²) in [5.74, 6) is 0.910. The second-order valence-corrected chi connectivity index (χ2v) is 8.13. The minimum absolute atomic E-state index is 0.165. The van der Waals surface area contributed by atoms with E-state index in [4.69, 9.17) is 16.3 Å². The van der Waals surface area contributed by atoms with E-state index in [1.807, 2.05) is 12.1 Å². The normalized spacial score (nSPS) is 21.7. The Labute approximate surface area is 156 Å². The number of fused-ring (bicyclic) bond motifs is 1. The third-order valence-electron chi connectivity index (χ3n) is 5.68. The number of rotatable bonds is 3. The van der Waals surface area contributed by atoms with Gasteiger partial charge in [-0.2, -0.15) is 0 Å². The fourth-order valence-electron chi connectivity index (χ4n) is 4.29. The first-order valence-corrected chi connectivity index (χ1v) is 9.67. The molecule has 126 valence electrons. The molecule has 2 aromatic rings. The van der Waals surface area contributed by atoms with Crippen LogP contribution in [0.4, 0.5) is 0 Å². The Balaban J connectivity index is 1.81. The van der Waals surface area contributed by atoms with Crippen LogP contribution >= 0.6 is 27.5 Å². The number of hydrogen-bond acceptors (Lipinski definition) is 2. The lowest BCUT2D eigenvalue weighted by molar-refractivity contribution is 0.164. The van der Waals surface area contributed by atoms with Gasteiger partial charge in [-0.3, -0.25) is 0 Å². The highest BCUT2D eigenvalue weighted by Gasteiger charge is 2.47. The van der Waals surface area contributed by atoms with Crippen molar-refractivity contribution in [2.75, 3.05) is 13.7 Å². The third kappa shape index (κ3) is 2.58. The Hall–Kier alpha value is -1.03. The lowest BCUT2D eigenvalue weighted by Gasteiger charge is -2.50. The molecule has 1 saturated carbocycles. The van der Waals surface area contributed by atoms with E-state index in [-0.39, 0.29) is 5.41 Å². The molecule has 4 heteroatoms. The van der Waals surface area contributed by atoms with Gasteiger partial charge in [-0.15, -0.1) is 0 Å². The summed E-state index contributed by atoms with van der Waals surface area (Å²) in [6.45, 7) is 1.02. The van der Waals surface area contributed by atoms with Gasteiger partial charge in [0.25, 0.3) is 0 Å². The molecule has 1 N–H and O–H groups in total. The molecule has 4 rings (SSSR count). The van der Waals surface area contributed by atoms with Crippen molar-refractivity contribution in [2.24, 2.45) is 0 Å². The Morgan fingerprint density at radius 2 is 1.96 bits per heavy atom. The minimum atomic E-state index is 0.165. The number of methoxy groups -OCH3 is 1. The molecule has 0 aromatic heterocycles. The molecule has 0 saturated heterocycles. The van der Waals surface area contributed by atoms with Crippen molar-refractivity contribution in [2.45, 2.75) is 37.1 Å². The summed E-state index contributed by atoms with van der Waals surface area (Å²) in [5.41, 5.74) is 4.37. The van der Waals surface area contributed by atoms with Crippen LogP contribution in [0.15, 0.2) is 40.9 Å². The van der Waals surface area contributed by atoms with Gasteiger partial charge in [-0.25, -0.2) is 0 Å². The Kier molecular flexibility index (Phi) is 4.36. The smallest absolute Gasteiger partial charge is 0.133 e. The molecule has 24 heavy (non-hydrogen) atoms. The van der Waals surface area contributed by atoms with Crippen molar-refractivity contribution in [3.8, 4) is 5.75 Å². The zero-order valence-electron chi connectivity index (χ0n) is 13.7. The largest absolute Gasteiger partial charge is 0.496 e. The maximum Gasteiger partial charge on any atom is 0.133 e. The first-order valence-electron chi connectivity index (χ1n) is 8.50. The molecule has 2 aromatic carbocycles. The summed E-state index contributed by atoms with van der Waals surface area (Å²) in [6, 6.07) is 13.2. The number of nitrogens with one attached hydrogen (secondary N) is 1. The van der Waals surface area contributed by atoms with Crippen molar-refractivity contribution < 1.29 is 4.74 Å². The van der Waals surface area contributed by atoms with E-state index in [2.05, 4.69) is 45.5 Å². The molecule has 2 aliphatic rings. The molecule has 1 atom stereocenters. The molecular weight excluding hydrogens is 386 g/mol. The van der Waals surface area contributed by atoms with Crippen LogP contribution in [0.2, 0.25) is 5.02 Å². The van der Waals surface area contributed by atoms with Gasteiger partial charge >= 0.3 is 0 Å². The summed E-state index contributed by atoms with van der Waals surface area (Å²) < 4.78 is 6.59. The van der Waals surface area contributed by atoms with Gasteiger partial charge in [0, 0.05) is 16.5 Å². The summed E-state index contributed by atoms with van der Waals surface area (Å²) in [6.07, 6.45) is 4.77. The topological polar surface area (TPSA) is 21.3 Å². The molecule has 0 amide bonds. The standard InChI is InChI=1S/C20H21BrClNO/c1-24-18-12-16-13(11-17(18)21)7-10-23-19(16)20(8-2-9-20)14-3-5-15(22)6-4-14/h3-6,11-12,19,23H,2,7-10H2,1H3. The SMILES string of the molecule is COc1cc2c(cc1Br)CCNC2C1(c2ccc(Cl)cc2)CCC1. The molecule has 0 spiro atoms. The minimum Gasteiger partial charge on any atom is -0.496 e. The van der Waals surface area contributed by atoms with Gasteiger partial charge in [0.1, 0.15) is 5.75 Å². The van der Waals surface area contributed by atoms with Gasteiger partial charge < -0.3 is 10.1 Å². The first-order chi connectivity index (χ1) is 11.6. The van der Waals surface area contributed by atoms with Crippen molar-refractivity contribution in [1.82, 2.24) is 5.32 Å². The number of hydrogen-bond donors (Lipinski definition) is 1. The molecule has 0 bridgehead atoms.